The molecule has 2 atom stereocenters. The van der Waals surface area contributed by atoms with Crippen LogP contribution in [0.1, 0.15) is 20.3 Å². The molecule has 4 heteroatoms. The highest BCUT2D eigenvalue weighted by Gasteiger charge is 2.05. The normalized spacial score (nSPS) is 15.6. The number of hydrogen-bond donors (Lipinski definition) is 1. The smallest absolute Gasteiger partial charge is 0.0474 e. The van der Waals surface area contributed by atoms with E-state index >= 15 is 0 Å². The lowest BCUT2D eigenvalue weighted by atomic mass is 10.2. The molecule has 2 N–H and O–H groups in total. The maximum atomic E-state index is 11.4. The van der Waals surface area contributed by atoms with E-state index in [1.165, 1.54) is 0 Å². The third-order valence-electron chi connectivity index (χ3n) is 1.74. The van der Waals surface area contributed by atoms with Crippen LogP contribution in [-0.2, 0) is 15.5 Å². The Bertz CT molecular complexity index is 142. The average molecular weight is 207 g/mol. The molecule has 0 saturated carbocycles. The number of hydrogen-bond acceptors (Lipinski definition) is 3. The largest absolute Gasteiger partial charge is 0.382 e. The summed E-state index contributed by atoms with van der Waals surface area (Å²) in [4.78, 5) is 0. The molecule has 0 aliphatic heterocycles. The number of nitrogens with two attached hydrogens (primary N) is 1. The van der Waals surface area contributed by atoms with Crippen LogP contribution in [0.5, 0.6) is 0 Å². The van der Waals surface area contributed by atoms with Gasteiger partial charge in [0.25, 0.3) is 0 Å². The lowest BCUT2D eigenvalue weighted by Gasteiger charge is -2.07. The van der Waals surface area contributed by atoms with Crippen LogP contribution in [0.15, 0.2) is 0 Å². The van der Waals surface area contributed by atoms with Gasteiger partial charge >= 0.3 is 0 Å². The Kier molecular flexibility index (Phi) is 8.71. The van der Waals surface area contributed by atoms with E-state index in [-0.39, 0.29) is 0 Å². The van der Waals surface area contributed by atoms with Crippen molar-refractivity contribution in [2.45, 2.75) is 20.3 Å². The summed E-state index contributed by atoms with van der Waals surface area (Å²) in [5, 5.41) is 0. The first-order valence-electron chi connectivity index (χ1n) is 4.83. The Morgan fingerprint density at radius 3 is 2.77 bits per heavy atom. The van der Waals surface area contributed by atoms with E-state index in [1.54, 1.807) is 0 Å². The molecule has 0 bridgehead atoms. The zero-order valence-corrected chi connectivity index (χ0v) is 9.44. The van der Waals surface area contributed by atoms with E-state index < -0.39 is 10.8 Å². The minimum absolute atomic E-state index is 0.368. The third-order valence-corrected chi connectivity index (χ3v) is 3.42. The topological polar surface area (TPSA) is 52.3 Å². The second-order valence-electron chi connectivity index (χ2n) is 3.20. The van der Waals surface area contributed by atoms with Gasteiger partial charge in [0.1, 0.15) is 0 Å². The van der Waals surface area contributed by atoms with Gasteiger partial charge < -0.3 is 10.5 Å². The first kappa shape index (κ1) is 13.1. The molecular formula is C9H21NO2S. The SMILES string of the molecule is CCOCCCS(=O)CC(C)CN. The Balaban J connectivity index is 3.30. The molecule has 3 nitrogen and oxygen atoms in total. The van der Waals surface area contributed by atoms with E-state index in [1.807, 2.05) is 13.8 Å². The summed E-state index contributed by atoms with van der Waals surface area (Å²) in [5.74, 6) is 1.83. The molecule has 13 heavy (non-hydrogen) atoms. The van der Waals surface area contributed by atoms with Crippen molar-refractivity contribution in [3.8, 4) is 0 Å². The van der Waals surface area contributed by atoms with E-state index in [0.717, 1.165) is 31.1 Å². The van der Waals surface area contributed by atoms with Crippen LogP contribution in [0, 0.1) is 5.92 Å². The molecule has 0 aromatic carbocycles. The van der Waals surface area contributed by atoms with Crippen molar-refractivity contribution in [3.05, 3.63) is 0 Å². The fraction of sp³-hybridized carbons (Fsp3) is 1.00. The first-order chi connectivity index (χ1) is 6.20. The lowest BCUT2D eigenvalue weighted by molar-refractivity contribution is 0.149. The molecule has 0 radical (unpaired) electrons. The highest BCUT2D eigenvalue weighted by Crippen LogP contribution is 1.97. The van der Waals surface area contributed by atoms with Crippen molar-refractivity contribution >= 4 is 10.8 Å². The third kappa shape index (κ3) is 8.40. The van der Waals surface area contributed by atoms with Gasteiger partial charge in [-0.15, -0.1) is 0 Å². The van der Waals surface area contributed by atoms with Gasteiger partial charge in [-0.25, -0.2) is 0 Å². The van der Waals surface area contributed by atoms with Crippen LogP contribution in [-0.4, -0.2) is 35.5 Å². The van der Waals surface area contributed by atoms with Gasteiger partial charge in [0.2, 0.25) is 0 Å². The van der Waals surface area contributed by atoms with Crippen LogP contribution < -0.4 is 5.73 Å². The van der Waals surface area contributed by atoms with Gasteiger partial charge in [-0.05, 0) is 25.8 Å². The maximum Gasteiger partial charge on any atom is 0.0474 e. The maximum absolute atomic E-state index is 11.4. The molecule has 0 fully saturated rings. The van der Waals surface area contributed by atoms with Crippen molar-refractivity contribution < 1.29 is 8.95 Å². The molecule has 2 unspecified atom stereocenters. The highest BCUT2D eigenvalue weighted by molar-refractivity contribution is 7.84. The summed E-state index contributed by atoms with van der Waals surface area (Å²) in [6, 6.07) is 0. The van der Waals surface area contributed by atoms with E-state index in [9.17, 15) is 4.21 Å². The summed E-state index contributed by atoms with van der Waals surface area (Å²) in [6.45, 7) is 6.08. The standard InChI is InChI=1S/C9H21NO2S/c1-3-12-5-4-6-13(11)8-9(2)7-10/h9H,3-8,10H2,1-2H3. The number of rotatable bonds is 8. The van der Waals surface area contributed by atoms with Crippen LogP contribution in [0.3, 0.4) is 0 Å². The lowest BCUT2D eigenvalue weighted by Crippen LogP contribution is -2.19. The Labute approximate surface area is 83.5 Å². The van der Waals surface area contributed by atoms with Crippen molar-refractivity contribution in [2.24, 2.45) is 11.7 Å². The summed E-state index contributed by atoms with van der Waals surface area (Å²) >= 11 is 0. The molecule has 0 heterocycles. The first-order valence-corrected chi connectivity index (χ1v) is 6.32. The van der Waals surface area contributed by atoms with Crippen LogP contribution >= 0.6 is 0 Å². The molecule has 0 aliphatic rings. The molecule has 0 amide bonds. The van der Waals surface area contributed by atoms with Crippen molar-refractivity contribution in [3.63, 3.8) is 0 Å². The highest BCUT2D eigenvalue weighted by atomic mass is 32.2. The van der Waals surface area contributed by atoms with E-state index in [0.29, 0.717) is 12.5 Å². The van der Waals surface area contributed by atoms with Gasteiger partial charge in [0.05, 0.1) is 0 Å². The monoisotopic (exact) mass is 207 g/mol. The molecule has 0 spiro atoms. The second-order valence-corrected chi connectivity index (χ2v) is 4.82. The van der Waals surface area contributed by atoms with Crippen LogP contribution in [0.25, 0.3) is 0 Å². The van der Waals surface area contributed by atoms with E-state index in [4.69, 9.17) is 10.5 Å². The van der Waals surface area contributed by atoms with Crippen molar-refractivity contribution in [1.29, 1.82) is 0 Å². The minimum atomic E-state index is -0.713. The average Bonchev–Trinajstić information content (AvgIpc) is 2.12. The summed E-state index contributed by atoms with van der Waals surface area (Å²) in [5.41, 5.74) is 5.44. The minimum Gasteiger partial charge on any atom is -0.382 e. The van der Waals surface area contributed by atoms with Gasteiger partial charge in [-0.2, -0.15) is 0 Å². The van der Waals surface area contributed by atoms with Crippen molar-refractivity contribution in [1.82, 2.24) is 0 Å². The van der Waals surface area contributed by atoms with Crippen LogP contribution in [0.4, 0.5) is 0 Å². The van der Waals surface area contributed by atoms with Gasteiger partial charge in [-0.3, -0.25) is 4.21 Å². The number of ether oxygens (including phenoxy) is 1. The Hall–Kier alpha value is 0.0700. The predicted octanol–water partition coefficient (Wildman–Crippen LogP) is 0.757. The zero-order chi connectivity index (χ0) is 10.1. The Morgan fingerprint density at radius 1 is 1.54 bits per heavy atom. The van der Waals surface area contributed by atoms with Crippen molar-refractivity contribution in [2.75, 3.05) is 31.3 Å². The quantitative estimate of drug-likeness (QED) is 0.598. The summed E-state index contributed by atoms with van der Waals surface area (Å²) in [7, 11) is -0.713. The van der Waals surface area contributed by atoms with Gasteiger partial charge in [-0.1, -0.05) is 6.92 Å². The molecular weight excluding hydrogens is 186 g/mol. The van der Waals surface area contributed by atoms with Gasteiger partial charge in [0, 0.05) is 35.5 Å². The Morgan fingerprint density at radius 2 is 2.23 bits per heavy atom. The second kappa shape index (κ2) is 8.66. The molecule has 0 aromatic rings. The predicted molar refractivity (Wildman–Crippen MR) is 57.2 cm³/mol. The zero-order valence-electron chi connectivity index (χ0n) is 8.62. The fourth-order valence-electron chi connectivity index (χ4n) is 0.935. The molecule has 0 aliphatic carbocycles. The summed E-state index contributed by atoms with van der Waals surface area (Å²) in [6.07, 6.45) is 0.887. The van der Waals surface area contributed by atoms with E-state index in [2.05, 4.69) is 0 Å². The molecule has 0 aromatic heterocycles. The van der Waals surface area contributed by atoms with Gasteiger partial charge in [0.15, 0.2) is 0 Å². The van der Waals surface area contributed by atoms with Crippen LogP contribution in [0.2, 0.25) is 0 Å². The summed E-state index contributed by atoms with van der Waals surface area (Å²) < 4.78 is 16.5. The molecule has 0 rings (SSSR count). The molecule has 80 valence electrons. The fourth-order valence-corrected chi connectivity index (χ4v) is 2.31. The molecule has 0 saturated heterocycles.